The Kier molecular flexibility index (Phi) is 7.25. The molecule has 204 valence electrons. The zero-order chi connectivity index (χ0) is 26.2. The molecule has 0 amide bonds. The molecule has 2 saturated carbocycles. The van der Waals surface area contributed by atoms with Crippen LogP contribution in [0, 0.1) is 11.8 Å². The number of fused-ring (bicyclic) bond motifs is 5. The normalized spacial score (nSPS) is 32.1. The highest BCUT2D eigenvalue weighted by atomic mass is 16.6. The highest BCUT2D eigenvalue weighted by Crippen LogP contribution is 2.47. The lowest BCUT2D eigenvalue weighted by Gasteiger charge is -2.54. The van der Waals surface area contributed by atoms with Crippen LogP contribution in [0.1, 0.15) is 95.7 Å². The van der Waals surface area contributed by atoms with Crippen molar-refractivity contribution in [3.8, 4) is 0 Å². The molecule has 2 aromatic rings. The van der Waals surface area contributed by atoms with E-state index in [4.69, 9.17) is 4.84 Å². The second-order valence-corrected chi connectivity index (χ2v) is 12.0. The monoisotopic (exact) mass is 520 g/mol. The zero-order valence-corrected chi connectivity index (χ0v) is 22.4. The minimum atomic E-state index is -1.31. The fourth-order valence-corrected chi connectivity index (χ4v) is 8.29. The summed E-state index contributed by atoms with van der Waals surface area (Å²) in [7, 11) is 0. The SMILES string of the molecule is CCON=C(C(=O)O)c1nc2ccccc2n([C@H]2C[C@H]3CCC[C@@H](C2)N3C2CC3CCCCC(C3)C2)c1=O. The minimum Gasteiger partial charge on any atom is -0.476 e. The van der Waals surface area contributed by atoms with Gasteiger partial charge in [0.15, 0.2) is 5.69 Å². The van der Waals surface area contributed by atoms with E-state index < -0.39 is 11.7 Å². The van der Waals surface area contributed by atoms with Gasteiger partial charge in [0, 0.05) is 24.2 Å². The topological polar surface area (TPSA) is 97.0 Å². The van der Waals surface area contributed by atoms with Gasteiger partial charge >= 0.3 is 5.97 Å². The number of piperidine rings is 2. The summed E-state index contributed by atoms with van der Waals surface area (Å²) in [5.74, 6) is 0.455. The van der Waals surface area contributed by atoms with E-state index >= 15 is 0 Å². The Morgan fingerprint density at radius 3 is 2.29 bits per heavy atom. The van der Waals surface area contributed by atoms with Crippen LogP contribution >= 0.6 is 0 Å². The van der Waals surface area contributed by atoms with E-state index in [1.54, 1.807) is 6.92 Å². The molecule has 2 aliphatic heterocycles. The number of carboxylic acids is 1. The van der Waals surface area contributed by atoms with Crippen molar-refractivity contribution in [1.29, 1.82) is 0 Å². The second-order valence-electron chi connectivity index (χ2n) is 12.0. The third kappa shape index (κ3) is 4.76. The number of oxime groups is 1. The minimum absolute atomic E-state index is 0.00806. The summed E-state index contributed by atoms with van der Waals surface area (Å²) in [6.07, 6.45) is 15.1. The Morgan fingerprint density at radius 1 is 0.947 bits per heavy atom. The molecular formula is C30H40N4O4. The van der Waals surface area contributed by atoms with Gasteiger partial charge in [0.2, 0.25) is 5.71 Å². The number of aromatic nitrogens is 2. The third-order valence-corrected chi connectivity index (χ3v) is 9.65. The van der Waals surface area contributed by atoms with Gasteiger partial charge in [-0.1, -0.05) is 49.4 Å². The zero-order valence-electron chi connectivity index (χ0n) is 22.4. The van der Waals surface area contributed by atoms with Crippen LogP contribution in [0.25, 0.3) is 11.0 Å². The number of nitrogens with zero attached hydrogens (tertiary/aromatic N) is 4. The Hall–Kier alpha value is -2.74. The number of carboxylic acid groups (broad SMARTS) is 1. The number of hydrogen-bond acceptors (Lipinski definition) is 6. The molecule has 1 N–H and O–H groups in total. The van der Waals surface area contributed by atoms with Crippen molar-refractivity contribution >= 4 is 22.7 Å². The van der Waals surface area contributed by atoms with Crippen molar-refractivity contribution < 1.29 is 14.7 Å². The summed E-state index contributed by atoms with van der Waals surface area (Å²) >= 11 is 0. The lowest BCUT2D eigenvalue weighted by atomic mass is 9.73. The molecule has 38 heavy (non-hydrogen) atoms. The Morgan fingerprint density at radius 2 is 1.63 bits per heavy atom. The summed E-state index contributed by atoms with van der Waals surface area (Å²) in [5, 5.41) is 13.6. The molecule has 1 aromatic heterocycles. The lowest BCUT2D eigenvalue weighted by Crippen LogP contribution is -2.58. The van der Waals surface area contributed by atoms with Crippen LogP contribution in [0.15, 0.2) is 34.2 Å². The molecule has 3 heterocycles. The highest BCUT2D eigenvalue weighted by Gasteiger charge is 2.45. The Labute approximate surface area is 224 Å². The first-order chi connectivity index (χ1) is 18.5. The van der Waals surface area contributed by atoms with Gasteiger partial charge in [-0.2, -0.15) is 0 Å². The molecule has 2 saturated heterocycles. The molecule has 2 unspecified atom stereocenters. The standard InChI is InChI=1S/C30H40N4O4/c1-2-38-32-28(30(36)37)27-29(35)34(26-13-6-5-12-25(26)31-27)24-17-21-10-7-11-22(18-24)33(21)23-15-19-8-3-4-9-20(14-19)16-23/h5-6,12-13,19-24H,2-4,7-11,14-18H2,1H3,(H,36,37)/t19?,20?,21-,22+,23?,24+. The number of benzene rings is 1. The molecule has 1 aromatic carbocycles. The molecule has 0 radical (unpaired) electrons. The fourth-order valence-electron chi connectivity index (χ4n) is 8.29. The summed E-state index contributed by atoms with van der Waals surface area (Å²) in [6, 6.07) is 9.18. The van der Waals surface area contributed by atoms with Gasteiger partial charge in [0.1, 0.15) is 6.61 Å². The van der Waals surface area contributed by atoms with E-state index in [-0.39, 0.29) is 23.9 Å². The molecule has 4 aliphatic rings. The van der Waals surface area contributed by atoms with Gasteiger partial charge in [-0.3, -0.25) is 9.69 Å². The van der Waals surface area contributed by atoms with Crippen molar-refractivity contribution in [1.82, 2.24) is 14.5 Å². The number of para-hydroxylation sites is 2. The van der Waals surface area contributed by atoms with Gasteiger partial charge in [0.05, 0.1) is 11.0 Å². The van der Waals surface area contributed by atoms with Crippen LogP contribution in [0.2, 0.25) is 0 Å². The number of hydrogen-bond donors (Lipinski definition) is 1. The van der Waals surface area contributed by atoms with Crippen molar-refractivity contribution in [3.05, 3.63) is 40.3 Å². The summed E-state index contributed by atoms with van der Waals surface area (Å²) in [5.41, 5.74) is 0.413. The summed E-state index contributed by atoms with van der Waals surface area (Å²) in [6.45, 7) is 1.94. The molecule has 8 heteroatoms. The third-order valence-electron chi connectivity index (χ3n) is 9.65. The van der Waals surface area contributed by atoms with Gasteiger partial charge in [-0.15, -0.1) is 0 Å². The predicted molar refractivity (Wildman–Crippen MR) is 146 cm³/mol. The van der Waals surface area contributed by atoms with Gasteiger partial charge in [-0.05, 0) is 75.8 Å². The summed E-state index contributed by atoms with van der Waals surface area (Å²) < 4.78 is 1.84. The maximum Gasteiger partial charge on any atom is 0.360 e. The first kappa shape index (κ1) is 25.5. The molecule has 6 rings (SSSR count). The number of rotatable bonds is 6. The van der Waals surface area contributed by atoms with Crippen molar-refractivity contribution in [2.45, 2.75) is 108 Å². The second kappa shape index (κ2) is 10.8. The maximum atomic E-state index is 14.0. The molecular weight excluding hydrogens is 480 g/mol. The van der Waals surface area contributed by atoms with E-state index in [0.717, 1.165) is 30.2 Å². The summed E-state index contributed by atoms with van der Waals surface area (Å²) in [4.78, 5) is 38.4. The molecule has 4 bridgehead atoms. The molecule has 2 aliphatic carbocycles. The highest BCUT2D eigenvalue weighted by molar-refractivity contribution is 6.41. The van der Waals surface area contributed by atoms with Crippen molar-refractivity contribution in [2.24, 2.45) is 17.0 Å². The van der Waals surface area contributed by atoms with Gasteiger partial charge < -0.3 is 14.5 Å². The maximum absolute atomic E-state index is 14.0. The lowest BCUT2D eigenvalue weighted by molar-refractivity contribution is -0.129. The number of carbonyl (C=O) groups is 1. The number of aliphatic carboxylic acids is 1. The fraction of sp³-hybridized carbons (Fsp3) is 0.667. The average Bonchev–Trinajstić information content (AvgIpc) is 3.07. The van der Waals surface area contributed by atoms with E-state index in [9.17, 15) is 14.7 Å². The van der Waals surface area contributed by atoms with Crippen molar-refractivity contribution in [2.75, 3.05) is 6.61 Å². The van der Waals surface area contributed by atoms with Crippen LogP contribution in [0.5, 0.6) is 0 Å². The molecule has 4 fully saturated rings. The van der Waals surface area contributed by atoms with Gasteiger partial charge in [0.25, 0.3) is 5.56 Å². The van der Waals surface area contributed by atoms with Crippen LogP contribution in [0.3, 0.4) is 0 Å². The predicted octanol–water partition coefficient (Wildman–Crippen LogP) is 5.14. The Bertz CT molecular complexity index is 1240. The van der Waals surface area contributed by atoms with Gasteiger partial charge in [-0.25, -0.2) is 9.78 Å². The van der Waals surface area contributed by atoms with E-state index in [2.05, 4.69) is 15.0 Å². The van der Waals surface area contributed by atoms with Crippen LogP contribution in [-0.2, 0) is 9.63 Å². The first-order valence-electron chi connectivity index (χ1n) is 14.8. The molecule has 5 atom stereocenters. The van der Waals surface area contributed by atoms with Crippen LogP contribution < -0.4 is 5.56 Å². The first-order valence-corrected chi connectivity index (χ1v) is 14.8. The molecule has 0 spiro atoms. The smallest absolute Gasteiger partial charge is 0.360 e. The largest absolute Gasteiger partial charge is 0.476 e. The van der Waals surface area contributed by atoms with Crippen molar-refractivity contribution in [3.63, 3.8) is 0 Å². The van der Waals surface area contributed by atoms with Crippen LogP contribution in [0.4, 0.5) is 0 Å². The van der Waals surface area contributed by atoms with E-state index in [0.29, 0.717) is 23.6 Å². The van der Waals surface area contributed by atoms with E-state index in [1.807, 2.05) is 28.8 Å². The van der Waals surface area contributed by atoms with E-state index in [1.165, 1.54) is 64.2 Å². The molecule has 8 nitrogen and oxygen atoms in total. The Balaban J connectivity index is 1.36. The average molecular weight is 521 g/mol. The van der Waals surface area contributed by atoms with Crippen LogP contribution in [-0.4, -0.2) is 56.0 Å². The quantitative estimate of drug-likeness (QED) is 0.419.